The molecule has 2 aromatic heterocycles. The Labute approximate surface area is 194 Å². The van der Waals surface area contributed by atoms with Gasteiger partial charge in [0.1, 0.15) is 5.82 Å². The third kappa shape index (κ3) is 5.05. The summed E-state index contributed by atoms with van der Waals surface area (Å²) in [6.07, 6.45) is 4.69. The molecule has 3 heterocycles. The highest BCUT2D eigenvalue weighted by Crippen LogP contribution is 2.28. The standard InChI is InChI=1S/C22H20Cl2FN5O2/c23-15-1-2-16(24)21(25)20(15)22(32)14-8-17(27-11-14)18(31)7-13-9-28-19(29-10-13)12-30-5-3-26-4-6-30/h1-2,8-11,26-27H,3-7,12H2. The van der Waals surface area contributed by atoms with Crippen LogP contribution in [0.4, 0.5) is 4.39 Å². The third-order valence-electron chi connectivity index (χ3n) is 5.21. The van der Waals surface area contributed by atoms with E-state index >= 15 is 0 Å². The van der Waals surface area contributed by atoms with Gasteiger partial charge < -0.3 is 10.3 Å². The number of nitrogens with one attached hydrogen (secondary N) is 2. The van der Waals surface area contributed by atoms with Crippen molar-refractivity contribution in [3.8, 4) is 0 Å². The lowest BCUT2D eigenvalue weighted by Gasteiger charge is -2.26. The molecule has 0 saturated carbocycles. The zero-order valence-electron chi connectivity index (χ0n) is 17.0. The van der Waals surface area contributed by atoms with Crippen LogP contribution in [0.3, 0.4) is 0 Å². The van der Waals surface area contributed by atoms with Crippen LogP contribution in [0, 0.1) is 5.82 Å². The highest BCUT2D eigenvalue weighted by atomic mass is 35.5. The van der Waals surface area contributed by atoms with E-state index in [2.05, 4.69) is 25.2 Å². The molecule has 1 aromatic carbocycles. The van der Waals surface area contributed by atoms with Crippen molar-refractivity contribution in [2.24, 2.45) is 0 Å². The van der Waals surface area contributed by atoms with Gasteiger partial charge in [0, 0.05) is 56.8 Å². The van der Waals surface area contributed by atoms with Crippen LogP contribution in [0.5, 0.6) is 0 Å². The first-order valence-electron chi connectivity index (χ1n) is 10.0. The average molecular weight is 476 g/mol. The van der Waals surface area contributed by atoms with Crippen LogP contribution in [0.25, 0.3) is 0 Å². The molecule has 2 N–H and O–H groups in total. The molecule has 0 atom stereocenters. The van der Waals surface area contributed by atoms with E-state index in [1.807, 2.05) is 0 Å². The molecule has 10 heteroatoms. The number of H-pyrrole nitrogens is 1. The van der Waals surface area contributed by atoms with Gasteiger partial charge >= 0.3 is 0 Å². The number of carbonyl (C=O) groups is 2. The van der Waals surface area contributed by atoms with Gasteiger partial charge in [-0.2, -0.15) is 0 Å². The lowest BCUT2D eigenvalue weighted by Crippen LogP contribution is -2.43. The molecule has 0 unspecified atom stereocenters. The predicted molar refractivity (Wildman–Crippen MR) is 119 cm³/mol. The summed E-state index contributed by atoms with van der Waals surface area (Å²) in [4.78, 5) is 39.1. The number of hydrogen-bond donors (Lipinski definition) is 2. The number of benzene rings is 1. The van der Waals surface area contributed by atoms with Crippen LogP contribution in [0.2, 0.25) is 10.0 Å². The van der Waals surface area contributed by atoms with E-state index in [9.17, 15) is 14.0 Å². The number of aromatic nitrogens is 3. The second-order valence-corrected chi connectivity index (χ2v) is 8.30. The van der Waals surface area contributed by atoms with Crippen LogP contribution in [0.15, 0.2) is 36.8 Å². The molecule has 166 valence electrons. The van der Waals surface area contributed by atoms with Gasteiger partial charge in [-0.15, -0.1) is 0 Å². The van der Waals surface area contributed by atoms with Crippen molar-refractivity contribution in [2.45, 2.75) is 13.0 Å². The Kier molecular flexibility index (Phi) is 6.95. The highest BCUT2D eigenvalue weighted by molar-refractivity contribution is 6.37. The summed E-state index contributed by atoms with van der Waals surface area (Å²) in [5, 5.41) is 3.04. The van der Waals surface area contributed by atoms with Crippen molar-refractivity contribution in [3.63, 3.8) is 0 Å². The number of halogens is 3. The number of hydrogen-bond acceptors (Lipinski definition) is 6. The van der Waals surface area contributed by atoms with Gasteiger partial charge in [-0.25, -0.2) is 14.4 Å². The fourth-order valence-electron chi connectivity index (χ4n) is 3.47. The predicted octanol–water partition coefficient (Wildman–Crippen LogP) is 3.31. The molecular weight excluding hydrogens is 456 g/mol. The SMILES string of the molecule is O=C(Cc1cnc(CN2CCNCC2)nc1)c1cc(C(=O)c2c(Cl)ccc(Cl)c2F)c[nH]1. The van der Waals surface area contributed by atoms with Gasteiger partial charge in [-0.05, 0) is 23.8 Å². The molecule has 0 radical (unpaired) electrons. The zero-order chi connectivity index (χ0) is 22.7. The van der Waals surface area contributed by atoms with Crippen LogP contribution in [-0.4, -0.2) is 57.6 Å². The van der Waals surface area contributed by atoms with Gasteiger partial charge in [0.05, 0.1) is 27.8 Å². The Morgan fingerprint density at radius 2 is 1.78 bits per heavy atom. The second kappa shape index (κ2) is 9.87. The van der Waals surface area contributed by atoms with Gasteiger partial charge in [0.2, 0.25) is 0 Å². The highest BCUT2D eigenvalue weighted by Gasteiger charge is 2.22. The summed E-state index contributed by atoms with van der Waals surface area (Å²) in [5.41, 5.74) is 0.659. The summed E-state index contributed by atoms with van der Waals surface area (Å²) in [7, 11) is 0. The lowest BCUT2D eigenvalue weighted by molar-refractivity contribution is 0.0988. The Morgan fingerprint density at radius 3 is 2.50 bits per heavy atom. The Morgan fingerprint density at radius 1 is 1.09 bits per heavy atom. The first-order valence-corrected chi connectivity index (χ1v) is 10.8. The number of aromatic amines is 1. The number of Topliss-reactive ketones (excluding diaryl/α,β-unsaturated/α-hetero) is 1. The minimum atomic E-state index is -0.892. The first kappa shape index (κ1) is 22.5. The zero-order valence-corrected chi connectivity index (χ0v) is 18.5. The second-order valence-electron chi connectivity index (χ2n) is 7.48. The number of nitrogens with zero attached hydrogens (tertiary/aromatic N) is 3. The normalized spacial score (nSPS) is 14.5. The molecular formula is C22H20Cl2FN5O2. The van der Waals surface area contributed by atoms with Crippen LogP contribution >= 0.6 is 23.2 Å². The third-order valence-corrected chi connectivity index (χ3v) is 5.82. The molecule has 3 aromatic rings. The topological polar surface area (TPSA) is 91.0 Å². The van der Waals surface area contributed by atoms with E-state index in [-0.39, 0.29) is 39.1 Å². The monoisotopic (exact) mass is 475 g/mol. The van der Waals surface area contributed by atoms with Crippen molar-refractivity contribution in [1.29, 1.82) is 0 Å². The summed E-state index contributed by atoms with van der Waals surface area (Å²) < 4.78 is 14.3. The molecule has 0 spiro atoms. The fourth-order valence-corrected chi connectivity index (χ4v) is 3.86. The molecule has 1 aliphatic rings. The molecule has 7 nitrogen and oxygen atoms in total. The van der Waals surface area contributed by atoms with E-state index in [1.165, 1.54) is 24.4 Å². The molecule has 0 bridgehead atoms. The number of ketones is 2. The van der Waals surface area contributed by atoms with Crippen molar-refractivity contribution < 1.29 is 14.0 Å². The van der Waals surface area contributed by atoms with E-state index in [1.54, 1.807) is 12.4 Å². The van der Waals surface area contributed by atoms with E-state index < -0.39 is 11.6 Å². The fraction of sp³-hybridized carbons (Fsp3) is 0.273. The van der Waals surface area contributed by atoms with Crippen molar-refractivity contribution in [1.82, 2.24) is 25.2 Å². The summed E-state index contributed by atoms with van der Waals surface area (Å²) in [5.74, 6) is -1.10. The molecule has 1 fully saturated rings. The molecule has 0 aliphatic carbocycles. The van der Waals surface area contributed by atoms with Crippen molar-refractivity contribution >= 4 is 34.8 Å². The minimum Gasteiger partial charge on any atom is -0.358 e. The van der Waals surface area contributed by atoms with E-state index in [0.717, 1.165) is 26.2 Å². The number of rotatable bonds is 7. The Balaban J connectivity index is 1.42. The summed E-state index contributed by atoms with van der Waals surface area (Å²) >= 11 is 11.7. The maximum atomic E-state index is 14.3. The first-order chi connectivity index (χ1) is 15.4. The largest absolute Gasteiger partial charge is 0.358 e. The van der Waals surface area contributed by atoms with Crippen LogP contribution < -0.4 is 5.32 Å². The van der Waals surface area contributed by atoms with Crippen LogP contribution in [0.1, 0.15) is 37.8 Å². The maximum absolute atomic E-state index is 14.3. The van der Waals surface area contributed by atoms with Crippen molar-refractivity contribution in [2.75, 3.05) is 26.2 Å². The molecule has 0 amide bonds. The quantitative estimate of drug-likeness (QED) is 0.402. The Bertz CT molecular complexity index is 1140. The molecule has 4 rings (SSSR count). The molecule has 1 saturated heterocycles. The average Bonchev–Trinajstić information content (AvgIpc) is 3.29. The van der Waals surface area contributed by atoms with Crippen LogP contribution in [-0.2, 0) is 13.0 Å². The van der Waals surface area contributed by atoms with Gasteiger partial charge in [0.25, 0.3) is 0 Å². The minimum absolute atomic E-state index is 0.0518. The lowest BCUT2D eigenvalue weighted by atomic mass is 10.0. The summed E-state index contributed by atoms with van der Waals surface area (Å²) in [6, 6.07) is 4.00. The summed E-state index contributed by atoms with van der Waals surface area (Å²) in [6.45, 7) is 4.46. The van der Waals surface area contributed by atoms with Gasteiger partial charge in [-0.3, -0.25) is 14.5 Å². The molecule has 1 aliphatic heterocycles. The molecule has 32 heavy (non-hydrogen) atoms. The van der Waals surface area contributed by atoms with E-state index in [4.69, 9.17) is 23.2 Å². The number of piperazine rings is 1. The number of carbonyl (C=O) groups excluding carboxylic acids is 2. The van der Waals surface area contributed by atoms with E-state index in [0.29, 0.717) is 17.9 Å². The van der Waals surface area contributed by atoms with Gasteiger partial charge in [0.15, 0.2) is 17.4 Å². The Hall–Kier alpha value is -2.65. The van der Waals surface area contributed by atoms with Crippen molar-refractivity contribution in [3.05, 3.63) is 80.9 Å². The maximum Gasteiger partial charge on any atom is 0.199 e. The smallest absolute Gasteiger partial charge is 0.199 e. The van der Waals surface area contributed by atoms with Gasteiger partial charge in [-0.1, -0.05) is 23.2 Å².